The maximum absolute atomic E-state index is 11.0. The minimum Gasteiger partial charge on any atom is -0.375 e. The van der Waals surface area contributed by atoms with Crippen LogP contribution in [0.15, 0.2) is 60.7 Å². The zero-order valence-electron chi connectivity index (χ0n) is 14.0. The monoisotopic (exact) mass is 311 g/mol. The van der Waals surface area contributed by atoms with Crippen molar-refractivity contribution in [2.45, 2.75) is 37.8 Å². The molecule has 2 aromatic rings. The van der Waals surface area contributed by atoms with Crippen molar-refractivity contribution in [1.82, 2.24) is 0 Å². The molecule has 2 N–H and O–H groups in total. The molecule has 0 saturated heterocycles. The highest BCUT2D eigenvalue weighted by atomic mass is 16.5. The van der Waals surface area contributed by atoms with E-state index >= 15 is 0 Å². The molecule has 2 atom stereocenters. The molecule has 0 fully saturated rings. The third-order valence-electron chi connectivity index (χ3n) is 4.47. The Bertz CT molecular complexity index is 583. The Morgan fingerprint density at radius 2 is 1.43 bits per heavy atom. The van der Waals surface area contributed by atoms with Crippen molar-refractivity contribution in [2.24, 2.45) is 5.73 Å². The first-order chi connectivity index (χ1) is 10.9. The number of aldehydes is 1. The van der Waals surface area contributed by atoms with Crippen LogP contribution in [-0.4, -0.2) is 24.5 Å². The highest BCUT2D eigenvalue weighted by molar-refractivity contribution is 5.63. The first kappa shape index (κ1) is 17.4. The van der Waals surface area contributed by atoms with Crippen molar-refractivity contribution in [3.63, 3.8) is 0 Å². The number of carbonyl (C=O) groups excluding carboxylic acids is 1. The van der Waals surface area contributed by atoms with E-state index in [0.29, 0.717) is 0 Å². The van der Waals surface area contributed by atoms with Crippen LogP contribution in [0.2, 0.25) is 0 Å². The lowest BCUT2D eigenvalue weighted by atomic mass is 9.72. The first-order valence-electron chi connectivity index (χ1n) is 7.88. The number of hydrogen-bond acceptors (Lipinski definition) is 3. The number of ether oxygens (including phenoxy) is 1. The lowest BCUT2D eigenvalue weighted by molar-refractivity contribution is -0.115. The fraction of sp³-hybridized carbons (Fsp3) is 0.350. The molecule has 0 aliphatic carbocycles. The summed E-state index contributed by atoms with van der Waals surface area (Å²) < 4.78 is 6.02. The first-order valence-corrected chi connectivity index (χ1v) is 7.88. The summed E-state index contributed by atoms with van der Waals surface area (Å²) in [4.78, 5) is 11.0. The standard InChI is InChI=1S/C20H25NO2/c1-16(23-15-19(2,21)14-22)20(3,17-10-6-4-7-11-17)18-12-8-5-9-13-18/h4-14,16H,15,21H2,1-3H3/t16-,19-/m0/s1. The van der Waals surface area contributed by atoms with Crippen LogP contribution >= 0.6 is 0 Å². The molecule has 0 heterocycles. The van der Waals surface area contributed by atoms with Crippen molar-refractivity contribution < 1.29 is 9.53 Å². The molecule has 0 saturated carbocycles. The summed E-state index contributed by atoms with van der Waals surface area (Å²) in [5.41, 5.74) is 6.93. The Morgan fingerprint density at radius 1 is 1.00 bits per heavy atom. The van der Waals surface area contributed by atoms with Gasteiger partial charge in [0.2, 0.25) is 0 Å². The fourth-order valence-electron chi connectivity index (χ4n) is 2.71. The van der Waals surface area contributed by atoms with Crippen LogP contribution in [0.3, 0.4) is 0 Å². The summed E-state index contributed by atoms with van der Waals surface area (Å²) in [5, 5.41) is 0. The zero-order valence-corrected chi connectivity index (χ0v) is 14.0. The van der Waals surface area contributed by atoms with E-state index in [0.717, 1.165) is 6.29 Å². The van der Waals surface area contributed by atoms with Gasteiger partial charge in [0.15, 0.2) is 0 Å². The normalized spacial score (nSPS) is 15.7. The summed E-state index contributed by atoms with van der Waals surface area (Å²) >= 11 is 0. The quantitative estimate of drug-likeness (QED) is 0.798. The highest BCUT2D eigenvalue weighted by Gasteiger charge is 2.36. The molecule has 2 aromatic carbocycles. The Kier molecular flexibility index (Phi) is 5.34. The second-order valence-electron chi connectivity index (χ2n) is 6.51. The van der Waals surface area contributed by atoms with Crippen LogP contribution in [0.25, 0.3) is 0 Å². The molecule has 0 amide bonds. The van der Waals surface area contributed by atoms with Crippen LogP contribution < -0.4 is 5.73 Å². The maximum atomic E-state index is 11.0. The van der Waals surface area contributed by atoms with Gasteiger partial charge in [0.1, 0.15) is 6.29 Å². The van der Waals surface area contributed by atoms with Gasteiger partial charge in [-0.2, -0.15) is 0 Å². The van der Waals surface area contributed by atoms with Gasteiger partial charge in [-0.3, -0.25) is 0 Å². The summed E-state index contributed by atoms with van der Waals surface area (Å²) in [7, 11) is 0. The molecule has 0 unspecified atom stereocenters. The fourth-order valence-corrected chi connectivity index (χ4v) is 2.71. The van der Waals surface area contributed by atoms with Crippen LogP contribution in [0.5, 0.6) is 0 Å². The Morgan fingerprint density at radius 3 is 1.83 bits per heavy atom. The van der Waals surface area contributed by atoms with Gasteiger partial charge in [-0.15, -0.1) is 0 Å². The van der Waals surface area contributed by atoms with Crippen LogP contribution in [0, 0.1) is 0 Å². The van der Waals surface area contributed by atoms with E-state index in [2.05, 4.69) is 31.2 Å². The molecule has 0 radical (unpaired) electrons. The molecule has 3 heteroatoms. The lowest BCUT2D eigenvalue weighted by Gasteiger charge is -2.38. The SMILES string of the molecule is C[C@H](OC[C@@](C)(N)C=O)C(C)(c1ccccc1)c1ccccc1. The average Bonchev–Trinajstić information content (AvgIpc) is 2.60. The molecule has 0 aromatic heterocycles. The maximum Gasteiger partial charge on any atom is 0.141 e. The molecule has 0 aliphatic heterocycles. The van der Waals surface area contributed by atoms with Gasteiger partial charge in [0, 0.05) is 5.41 Å². The average molecular weight is 311 g/mol. The lowest BCUT2D eigenvalue weighted by Crippen LogP contribution is -2.47. The summed E-state index contributed by atoms with van der Waals surface area (Å²) in [6.45, 7) is 6.06. The molecular formula is C20H25NO2. The van der Waals surface area contributed by atoms with Crippen LogP contribution in [0.1, 0.15) is 31.9 Å². The van der Waals surface area contributed by atoms with Crippen molar-refractivity contribution in [1.29, 1.82) is 0 Å². The summed E-state index contributed by atoms with van der Waals surface area (Å²) in [6, 6.07) is 20.5. The number of carbonyl (C=O) groups is 1. The Balaban J connectivity index is 2.37. The largest absolute Gasteiger partial charge is 0.375 e. The van der Waals surface area contributed by atoms with Gasteiger partial charge < -0.3 is 15.3 Å². The molecule has 23 heavy (non-hydrogen) atoms. The van der Waals surface area contributed by atoms with E-state index in [4.69, 9.17) is 10.5 Å². The van der Waals surface area contributed by atoms with Crippen LogP contribution in [0.4, 0.5) is 0 Å². The van der Waals surface area contributed by atoms with Gasteiger partial charge in [0.05, 0.1) is 18.2 Å². The number of nitrogens with two attached hydrogens (primary N) is 1. The second-order valence-corrected chi connectivity index (χ2v) is 6.51. The summed E-state index contributed by atoms with van der Waals surface area (Å²) in [5.74, 6) is 0. The topological polar surface area (TPSA) is 52.3 Å². The van der Waals surface area contributed by atoms with Gasteiger partial charge in [-0.05, 0) is 31.9 Å². The van der Waals surface area contributed by atoms with E-state index in [9.17, 15) is 4.79 Å². The van der Waals surface area contributed by atoms with Gasteiger partial charge in [-0.1, -0.05) is 60.7 Å². The molecule has 0 aliphatic rings. The predicted octanol–water partition coefficient (Wildman–Crippen LogP) is 3.31. The van der Waals surface area contributed by atoms with Crippen molar-refractivity contribution in [3.05, 3.63) is 71.8 Å². The van der Waals surface area contributed by atoms with Gasteiger partial charge in [-0.25, -0.2) is 0 Å². The third kappa shape index (κ3) is 3.87. The smallest absolute Gasteiger partial charge is 0.141 e. The Labute approximate surface area is 138 Å². The van der Waals surface area contributed by atoms with E-state index < -0.39 is 5.54 Å². The van der Waals surface area contributed by atoms with Gasteiger partial charge in [0.25, 0.3) is 0 Å². The van der Waals surface area contributed by atoms with E-state index in [1.165, 1.54) is 11.1 Å². The second kappa shape index (κ2) is 7.07. The zero-order chi connectivity index (χ0) is 16.9. The minimum absolute atomic E-state index is 0.143. The molecule has 2 rings (SSSR count). The van der Waals surface area contributed by atoms with Crippen molar-refractivity contribution in [3.8, 4) is 0 Å². The van der Waals surface area contributed by atoms with Gasteiger partial charge >= 0.3 is 0 Å². The molecule has 3 nitrogen and oxygen atoms in total. The number of benzene rings is 2. The van der Waals surface area contributed by atoms with E-state index in [1.54, 1.807) is 6.92 Å². The van der Waals surface area contributed by atoms with Crippen LogP contribution in [-0.2, 0) is 14.9 Å². The van der Waals surface area contributed by atoms with Crippen molar-refractivity contribution in [2.75, 3.05) is 6.61 Å². The number of rotatable bonds is 7. The molecule has 0 spiro atoms. The Hall–Kier alpha value is -1.97. The number of hydrogen-bond donors (Lipinski definition) is 1. The minimum atomic E-state index is -0.970. The third-order valence-corrected chi connectivity index (χ3v) is 4.47. The van der Waals surface area contributed by atoms with E-state index in [-0.39, 0.29) is 18.1 Å². The molecule has 122 valence electrons. The predicted molar refractivity (Wildman–Crippen MR) is 93.4 cm³/mol. The van der Waals surface area contributed by atoms with E-state index in [1.807, 2.05) is 43.3 Å². The summed E-state index contributed by atoms with van der Waals surface area (Å²) in [6.07, 6.45) is 0.595. The highest BCUT2D eigenvalue weighted by Crippen LogP contribution is 2.36. The molecule has 0 bridgehead atoms. The molecular weight excluding hydrogens is 286 g/mol. The van der Waals surface area contributed by atoms with Crippen molar-refractivity contribution >= 4 is 6.29 Å².